The van der Waals surface area contributed by atoms with Crippen molar-refractivity contribution < 1.29 is 4.79 Å². The number of hydrogen-bond acceptors (Lipinski definition) is 2. The fraction of sp³-hybridized carbons (Fsp3) is 0.625. The Balaban J connectivity index is 1.68. The van der Waals surface area contributed by atoms with Crippen LogP contribution in [0, 0.1) is 6.92 Å². The van der Waals surface area contributed by atoms with E-state index in [-0.39, 0.29) is 11.9 Å². The molecule has 0 fully saturated rings. The Labute approximate surface area is 121 Å². The van der Waals surface area contributed by atoms with Crippen LogP contribution < -0.4 is 5.32 Å². The van der Waals surface area contributed by atoms with Crippen LogP contribution >= 0.6 is 0 Å². The molecule has 1 aromatic heterocycles. The normalized spacial score (nSPS) is 16.6. The quantitative estimate of drug-likeness (QED) is 0.811. The standard InChI is InChI=1S/C16H25N3O/c1-13-9-11-19(18-13)14(2)12-16(20)17-10-8-15-6-4-3-5-7-15/h6,9,11,14H,3-5,7-8,10,12H2,1-2H3,(H,17,20)/t14-/m0/s1. The third-order valence-corrected chi connectivity index (χ3v) is 3.83. The second kappa shape index (κ2) is 7.27. The fourth-order valence-electron chi connectivity index (χ4n) is 2.61. The summed E-state index contributed by atoms with van der Waals surface area (Å²) in [5.74, 6) is 0.113. The number of amides is 1. The van der Waals surface area contributed by atoms with E-state index >= 15 is 0 Å². The third-order valence-electron chi connectivity index (χ3n) is 3.83. The van der Waals surface area contributed by atoms with E-state index in [0.717, 1.165) is 18.7 Å². The maximum Gasteiger partial charge on any atom is 0.222 e. The van der Waals surface area contributed by atoms with Crippen molar-refractivity contribution >= 4 is 5.91 Å². The Morgan fingerprint density at radius 3 is 3.00 bits per heavy atom. The minimum atomic E-state index is 0.109. The van der Waals surface area contributed by atoms with Gasteiger partial charge in [-0.15, -0.1) is 0 Å². The highest BCUT2D eigenvalue weighted by Gasteiger charge is 2.11. The summed E-state index contributed by atoms with van der Waals surface area (Å²) in [7, 11) is 0. The zero-order valence-corrected chi connectivity index (χ0v) is 12.6. The van der Waals surface area contributed by atoms with Gasteiger partial charge in [-0.05, 0) is 52.0 Å². The van der Waals surface area contributed by atoms with Crippen molar-refractivity contribution in [2.24, 2.45) is 0 Å². The molecule has 2 rings (SSSR count). The summed E-state index contributed by atoms with van der Waals surface area (Å²) in [4.78, 5) is 11.9. The summed E-state index contributed by atoms with van der Waals surface area (Å²) in [5.41, 5.74) is 2.49. The molecule has 1 atom stereocenters. The van der Waals surface area contributed by atoms with Gasteiger partial charge in [-0.1, -0.05) is 11.6 Å². The molecule has 0 radical (unpaired) electrons. The van der Waals surface area contributed by atoms with Gasteiger partial charge < -0.3 is 5.32 Å². The van der Waals surface area contributed by atoms with Crippen LogP contribution in [0.5, 0.6) is 0 Å². The number of nitrogens with one attached hydrogen (secondary N) is 1. The molecular formula is C16H25N3O. The number of carbonyl (C=O) groups is 1. The smallest absolute Gasteiger partial charge is 0.222 e. The van der Waals surface area contributed by atoms with Crippen LogP contribution in [-0.2, 0) is 4.79 Å². The summed E-state index contributed by atoms with van der Waals surface area (Å²) in [6.07, 6.45) is 10.8. The summed E-state index contributed by atoms with van der Waals surface area (Å²) in [5, 5.41) is 7.36. The zero-order chi connectivity index (χ0) is 14.4. The topological polar surface area (TPSA) is 46.9 Å². The summed E-state index contributed by atoms with van der Waals surface area (Å²) >= 11 is 0. The van der Waals surface area contributed by atoms with E-state index in [2.05, 4.69) is 16.5 Å². The predicted octanol–water partition coefficient (Wildman–Crippen LogP) is 3.15. The van der Waals surface area contributed by atoms with Crippen LogP contribution in [0.3, 0.4) is 0 Å². The van der Waals surface area contributed by atoms with Crippen LogP contribution in [0.25, 0.3) is 0 Å². The minimum Gasteiger partial charge on any atom is -0.356 e. The van der Waals surface area contributed by atoms with Crippen LogP contribution in [0.4, 0.5) is 0 Å². The van der Waals surface area contributed by atoms with Gasteiger partial charge in [-0.25, -0.2) is 0 Å². The van der Waals surface area contributed by atoms with Gasteiger partial charge in [0.2, 0.25) is 5.91 Å². The van der Waals surface area contributed by atoms with Gasteiger partial charge >= 0.3 is 0 Å². The van der Waals surface area contributed by atoms with Crippen molar-refractivity contribution in [2.45, 2.75) is 58.4 Å². The number of aryl methyl sites for hydroxylation is 1. The van der Waals surface area contributed by atoms with Gasteiger partial charge in [0, 0.05) is 19.2 Å². The average molecular weight is 275 g/mol. The van der Waals surface area contributed by atoms with Gasteiger partial charge in [-0.3, -0.25) is 9.48 Å². The van der Waals surface area contributed by atoms with Crippen molar-refractivity contribution in [1.82, 2.24) is 15.1 Å². The molecule has 1 heterocycles. The SMILES string of the molecule is Cc1ccn([C@@H](C)CC(=O)NCCC2=CCCCC2)n1. The minimum absolute atomic E-state index is 0.109. The molecule has 0 spiro atoms. The number of hydrogen-bond donors (Lipinski definition) is 1. The van der Waals surface area contributed by atoms with E-state index in [9.17, 15) is 4.79 Å². The summed E-state index contributed by atoms with van der Waals surface area (Å²) < 4.78 is 1.86. The molecule has 1 amide bonds. The number of allylic oxidation sites excluding steroid dienone is 1. The lowest BCUT2D eigenvalue weighted by atomic mass is 9.97. The third kappa shape index (κ3) is 4.51. The van der Waals surface area contributed by atoms with Crippen molar-refractivity contribution in [2.75, 3.05) is 6.54 Å². The van der Waals surface area contributed by atoms with E-state index in [0.29, 0.717) is 6.42 Å². The van der Waals surface area contributed by atoms with Gasteiger partial charge in [0.15, 0.2) is 0 Å². The largest absolute Gasteiger partial charge is 0.356 e. The van der Waals surface area contributed by atoms with E-state index in [1.165, 1.54) is 31.3 Å². The van der Waals surface area contributed by atoms with Gasteiger partial charge in [0.05, 0.1) is 11.7 Å². The van der Waals surface area contributed by atoms with Crippen molar-refractivity contribution in [3.8, 4) is 0 Å². The first-order chi connectivity index (χ1) is 9.65. The van der Waals surface area contributed by atoms with Crippen molar-refractivity contribution in [3.05, 3.63) is 29.6 Å². The number of nitrogens with zero attached hydrogens (tertiary/aromatic N) is 2. The first-order valence-electron chi connectivity index (χ1n) is 7.61. The summed E-state index contributed by atoms with van der Waals surface area (Å²) in [6.45, 7) is 4.74. The molecule has 0 saturated carbocycles. The molecule has 0 aliphatic heterocycles. The van der Waals surface area contributed by atoms with Gasteiger partial charge in [0.1, 0.15) is 0 Å². The van der Waals surface area contributed by atoms with Gasteiger partial charge in [-0.2, -0.15) is 5.10 Å². The van der Waals surface area contributed by atoms with E-state index in [4.69, 9.17) is 0 Å². The van der Waals surface area contributed by atoms with Crippen LogP contribution in [0.2, 0.25) is 0 Å². The lowest BCUT2D eigenvalue weighted by Crippen LogP contribution is -2.27. The molecule has 1 N–H and O–H groups in total. The summed E-state index contributed by atoms with van der Waals surface area (Å²) in [6, 6.07) is 2.07. The molecule has 0 aromatic carbocycles. The highest BCUT2D eigenvalue weighted by Crippen LogP contribution is 2.19. The molecule has 110 valence electrons. The maximum absolute atomic E-state index is 11.9. The zero-order valence-electron chi connectivity index (χ0n) is 12.6. The van der Waals surface area contributed by atoms with Crippen molar-refractivity contribution in [1.29, 1.82) is 0 Å². The molecule has 0 saturated heterocycles. The van der Waals surface area contributed by atoms with Crippen LogP contribution in [0.1, 0.15) is 57.2 Å². The molecule has 1 aliphatic rings. The van der Waals surface area contributed by atoms with E-state index < -0.39 is 0 Å². The monoisotopic (exact) mass is 275 g/mol. The Morgan fingerprint density at radius 2 is 2.35 bits per heavy atom. The Morgan fingerprint density at radius 1 is 1.50 bits per heavy atom. The Hall–Kier alpha value is -1.58. The van der Waals surface area contributed by atoms with Gasteiger partial charge in [0.25, 0.3) is 0 Å². The van der Waals surface area contributed by atoms with E-state index in [1.54, 1.807) is 0 Å². The number of carbonyl (C=O) groups excluding carboxylic acids is 1. The molecule has 4 heteroatoms. The first-order valence-corrected chi connectivity index (χ1v) is 7.61. The average Bonchev–Trinajstić information content (AvgIpc) is 2.87. The molecule has 1 aliphatic carbocycles. The molecular weight excluding hydrogens is 250 g/mol. The Kier molecular flexibility index (Phi) is 5.39. The Bertz CT molecular complexity index is 476. The molecule has 20 heavy (non-hydrogen) atoms. The maximum atomic E-state index is 11.9. The second-order valence-corrected chi connectivity index (χ2v) is 5.70. The molecule has 1 aromatic rings. The first kappa shape index (κ1) is 14.8. The lowest BCUT2D eigenvalue weighted by Gasteiger charge is -2.14. The number of aromatic nitrogens is 2. The molecule has 4 nitrogen and oxygen atoms in total. The van der Waals surface area contributed by atoms with Crippen LogP contribution in [-0.4, -0.2) is 22.2 Å². The second-order valence-electron chi connectivity index (χ2n) is 5.70. The predicted molar refractivity (Wildman–Crippen MR) is 80.5 cm³/mol. The molecule has 0 bridgehead atoms. The van der Waals surface area contributed by atoms with E-state index in [1.807, 2.05) is 30.8 Å². The highest BCUT2D eigenvalue weighted by molar-refractivity contribution is 5.76. The van der Waals surface area contributed by atoms with Crippen LogP contribution in [0.15, 0.2) is 23.9 Å². The lowest BCUT2D eigenvalue weighted by molar-refractivity contribution is -0.121. The highest BCUT2D eigenvalue weighted by atomic mass is 16.1. The van der Waals surface area contributed by atoms with Crippen molar-refractivity contribution in [3.63, 3.8) is 0 Å². The molecule has 0 unspecified atom stereocenters. The number of rotatable bonds is 6. The fourth-order valence-corrected chi connectivity index (χ4v) is 2.61.